The van der Waals surface area contributed by atoms with Crippen LogP contribution in [-0.4, -0.2) is 6.54 Å². The molecule has 0 heterocycles. The van der Waals surface area contributed by atoms with Crippen molar-refractivity contribution in [2.45, 2.75) is 12.3 Å². The normalized spacial score (nSPS) is 12.4. The second kappa shape index (κ2) is 6.13. The van der Waals surface area contributed by atoms with E-state index in [9.17, 15) is 8.78 Å². The molecule has 0 spiro atoms. The minimum Gasteiger partial charge on any atom is -0.330 e. The van der Waals surface area contributed by atoms with Crippen LogP contribution in [0.5, 0.6) is 0 Å². The SMILES string of the molecule is NCC(Cc1ccc(F)cc1F)c1ccc(Cl)cc1. The van der Waals surface area contributed by atoms with Gasteiger partial charge in [-0.05, 0) is 42.3 Å². The Morgan fingerprint density at radius 1 is 1.05 bits per heavy atom. The zero-order valence-corrected chi connectivity index (χ0v) is 11.0. The van der Waals surface area contributed by atoms with E-state index in [0.717, 1.165) is 11.6 Å². The van der Waals surface area contributed by atoms with Crippen molar-refractivity contribution in [3.05, 3.63) is 70.2 Å². The van der Waals surface area contributed by atoms with Crippen molar-refractivity contribution in [1.82, 2.24) is 0 Å². The topological polar surface area (TPSA) is 26.0 Å². The Bertz CT molecular complexity index is 555. The fourth-order valence-corrected chi connectivity index (χ4v) is 2.15. The van der Waals surface area contributed by atoms with Crippen molar-refractivity contribution in [1.29, 1.82) is 0 Å². The van der Waals surface area contributed by atoms with E-state index in [0.29, 0.717) is 23.6 Å². The van der Waals surface area contributed by atoms with Crippen LogP contribution in [0.4, 0.5) is 8.78 Å². The van der Waals surface area contributed by atoms with Gasteiger partial charge in [0.1, 0.15) is 11.6 Å². The van der Waals surface area contributed by atoms with Crippen LogP contribution < -0.4 is 5.73 Å². The van der Waals surface area contributed by atoms with Gasteiger partial charge in [-0.1, -0.05) is 29.8 Å². The van der Waals surface area contributed by atoms with Crippen LogP contribution in [0.2, 0.25) is 5.02 Å². The first kappa shape index (κ1) is 14.0. The maximum Gasteiger partial charge on any atom is 0.129 e. The van der Waals surface area contributed by atoms with Crippen LogP contribution in [-0.2, 0) is 6.42 Å². The van der Waals surface area contributed by atoms with E-state index in [1.54, 1.807) is 12.1 Å². The minimum atomic E-state index is -0.572. The largest absolute Gasteiger partial charge is 0.330 e. The van der Waals surface area contributed by atoms with Crippen LogP contribution in [0.1, 0.15) is 17.0 Å². The lowest BCUT2D eigenvalue weighted by atomic mass is 9.92. The molecule has 0 saturated carbocycles. The van der Waals surface area contributed by atoms with Gasteiger partial charge in [-0.2, -0.15) is 0 Å². The van der Waals surface area contributed by atoms with Gasteiger partial charge in [-0.3, -0.25) is 0 Å². The van der Waals surface area contributed by atoms with Crippen LogP contribution >= 0.6 is 11.6 Å². The first-order valence-electron chi connectivity index (χ1n) is 5.99. The summed E-state index contributed by atoms with van der Waals surface area (Å²) in [5.74, 6) is -1.12. The summed E-state index contributed by atoms with van der Waals surface area (Å²) in [6, 6.07) is 10.9. The highest BCUT2D eigenvalue weighted by Crippen LogP contribution is 2.23. The summed E-state index contributed by atoms with van der Waals surface area (Å²) in [7, 11) is 0. The molecule has 1 unspecified atom stereocenters. The van der Waals surface area contributed by atoms with Gasteiger partial charge in [0.05, 0.1) is 0 Å². The zero-order valence-electron chi connectivity index (χ0n) is 10.2. The fourth-order valence-electron chi connectivity index (χ4n) is 2.02. The Hall–Kier alpha value is -1.45. The monoisotopic (exact) mass is 281 g/mol. The van der Waals surface area contributed by atoms with Crippen molar-refractivity contribution in [3.8, 4) is 0 Å². The van der Waals surface area contributed by atoms with Gasteiger partial charge < -0.3 is 5.73 Å². The molecule has 2 aromatic carbocycles. The standard InChI is InChI=1S/C15H14ClF2N/c16-13-4-1-10(2-5-13)12(9-19)7-11-3-6-14(17)8-15(11)18/h1-6,8,12H,7,9,19H2. The minimum absolute atomic E-state index is 0.0165. The number of hydrogen-bond acceptors (Lipinski definition) is 1. The molecule has 0 aliphatic rings. The molecule has 4 heteroatoms. The van der Waals surface area contributed by atoms with Crippen LogP contribution in [0.3, 0.4) is 0 Å². The third-order valence-electron chi connectivity index (χ3n) is 3.11. The van der Waals surface area contributed by atoms with Gasteiger partial charge >= 0.3 is 0 Å². The number of benzene rings is 2. The van der Waals surface area contributed by atoms with Crippen molar-refractivity contribution in [3.63, 3.8) is 0 Å². The zero-order chi connectivity index (χ0) is 13.8. The predicted octanol–water partition coefficient (Wildman–Crippen LogP) is 3.90. The van der Waals surface area contributed by atoms with E-state index in [-0.39, 0.29) is 5.92 Å². The molecule has 19 heavy (non-hydrogen) atoms. The summed E-state index contributed by atoms with van der Waals surface area (Å²) in [6.45, 7) is 0.387. The van der Waals surface area contributed by atoms with Crippen LogP contribution in [0.15, 0.2) is 42.5 Å². The first-order chi connectivity index (χ1) is 9.10. The lowest BCUT2D eigenvalue weighted by molar-refractivity contribution is 0.562. The van der Waals surface area contributed by atoms with E-state index in [4.69, 9.17) is 17.3 Å². The number of hydrogen-bond donors (Lipinski definition) is 1. The molecule has 0 aliphatic carbocycles. The number of halogens is 3. The quantitative estimate of drug-likeness (QED) is 0.904. The van der Waals surface area contributed by atoms with Crippen molar-refractivity contribution in [2.24, 2.45) is 5.73 Å². The number of nitrogens with two attached hydrogens (primary N) is 1. The summed E-state index contributed by atoms with van der Waals surface area (Å²) in [5.41, 5.74) is 7.20. The first-order valence-corrected chi connectivity index (χ1v) is 6.37. The molecule has 0 aliphatic heterocycles. The maximum atomic E-state index is 13.6. The van der Waals surface area contributed by atoms with Gasteiger partial charge in [0.25, 0.3) is 0 Å². The van der Waals surface area contributed by atoms with Crippen molar-refractivity contribution in [2.75, 3.05) is 6.54 Å². The Balaban J connectivity index is 2.21. The Kier molecular flexibility index (Phi) is 4.51. The molecule has 0 bridgehead atoms. The van der Waals surface area contributed by atoms with E-state index in [2.05, 4.69) is 0 Å². The average molecular weight is 282 g/mol. The van der Waals surface area contributed by atoms with Gasteiger partial charge in [0, 0.05) is 17.0 Å². The molecular weight excluding hydrogens is 268 g/mol. The number of rotatable bonds is 4. The Morgan fingerprint density at radius 3 is 2.32 bits per heavy atom. The smallest absolute Gasteiger partial charge is 0.129 e. The molecular formula is C15H14ClF2N. The Morgan fingerprint density at radius 2 is 1.74 bits per heavy atom. The average Bonchev–Trinajstić information content (AvgIpc) is 2.39. The third-order valence-corrected chi connectivity index (χ3v) is 3.36. The lowest BCUT2D eigenvalue weighted by Gasteiger charge is -2.16. The third kappa shape index (κ3) is 3.52. The molecule has 0 saturated heterocycles. The summed E-state index contributed by atoms with van der Waals surface area (Å²) in [5, 5.41) is 0.646. The molecule has 0 fully saturated rings. The highest BCUT2D eigenvalue weighted by molar-refractivity contribution is 6.30. The molecule has 1 atom stereocenters. The second-order valence-corrected chi connectivity index (χ2v) is 4.86. The molecule has 2 aromatic rings. The highest BCUT2D eigenvalue weighted by Gasteiger charge is 2.13. The molecule has 0 radical (unpaired) electrons. The van der Waals surface area contributed by atoms with E-state index in [1.807, 2.05) is 12.1 Å². The molecule has 2 N–H and O–H groups in total. The summed E-state index contributed by atoms with van der Waals surface area (Å²) >= 11 is 5.83. The van der Waals surface area contributed by atoms with E-state index >= 15 is 0 Å². The van der Waals surface area contributed by atoms with Crippen molar-refractivity contribution < 1.29 is 8.78 Å². The van der Waals surface area contributed by atoms with Gasteiger partial charge in [0.15, 0.2) is 0 Å². The van der Waals surface area contributed by atoms with Gasteiger partial charge in [-0.15, -0.1) is 0 Å². The fraction of sp³-hybridized carbons (Fsp3) is 0.200. The molecule has 0 aromatic heterocycles. The summed E-state index contributed by atoms with van der Waals surface area (Å²) in [4.78, 5) is 0. The van der Waals surface area contributed by atoms with Gasteiger partial charge in [-0.25, -0.2) is 8.78 Å². The molecule has 100 valence electrons. The Labute approximate surface area is 116 Å². The summed E-state index contributed by atoms with van der Waals surface area (Å²) in [6.07, 6.45) is 0.435. The molecule has 1 nitrogen and oxygen atoms in total. The van der Waals surface area contributed by atoms with Gasteiger partial charge in [0.2, 0.25) is 0 Å². The highest BCUT2D eigenvalue weighted by atomic mass is 35.5. The summed E-state index contributed by atoms with van der Waals surface area (Å²) < 4.78 is 26.5. The molecule has 2 rings (SSSR count). The van der Waals surface area contributed by atoms with E-state index in [1.165, 1.54) is 12.1 Å². The second-order valence-electron chi connectivity index (χ2n) is 4.42. The predicted molar refractivity (Wildman–Crippen MR) is 73.3 cm³/mol. The molecule has 0 amide bonds. The maximum absolute atomic E-state index is 13.6. The van der Waals surface area contributed by atoms with Crippen LogP contribution in [0.25, 0.3) is 0 Å². The van der Waals surface area contributed by atoms with Crippen molar-refractivity contribution >= 4 is 11.6 Å². The van der Waals surface area contributed by atoms with Crippen LogP contribution in [0, 0.1) is 11.6 Å². The van der Waals surface area contributed by atoms with E-state index < -0.39 is 11.6 Å². The lowest BCUT2D eigenvalue weighted by Crippen LogP contribution is -2.15.